The van der Waals surface area contributed by atoms with Gasteiger partial charge in [0.25, 0.3) is 0 Å². The molecular weight excluding hydrogens is 404 g/mol. The first-order chi connectivity index (χ1) is 15.3. The number of rotatable bonds is 3. The van der Waals surface area contributed by atoms with Gasteiger partial charge in [-0.15, -0.1) is 0 Å². The van der Waals surface area contributed by atoms with Crippen molar-refractivity contribution in [2.75, 3.05) is 16.4 Å². The number of urea groups is 1. The van der Waals surface area contributed by atoms with Crippen LogP contribution in [0.3, 0.4) is 0 Å². The van der Waals surface area contributed by atoms with Crippen LogP contribution in [0.15, 0.2) is 34.9 Å². The SMILES string of the molecule is CC.CC(C)(C)c1cc(NC(=O)Nc2ccc(-n3c(C#N)c(N)c4c3CCC4)cc2)no1. The number of nitrogens with one attached hydrogen (secondary N) is 2. The summed E-state index contributed by atoms with van der Waals surface area (Å²) in [5, 5.41) is 18.9. The summed E-state index contributed by atoms with van der Waals surface area (Å²) in [4.78, 5) is 12.3. The van der Waals surface area contributed by atoms with E-state index >= 15 is 0 Å². The minimum absolute atomic E-state index is 0.191. The maximum Gasteiger partial charge on any atom is 0.324 e. The molecule has 8 nitrogen and oxygen atoms in total. The number of nitrogen functional groups attached to an aromatic ring is 1. The highest BCUT2D eigenvalue weighted by Gasteiger charge is 2.25. The summed E-state index contributed by atoms with van der Waals surface area (Å²) in [6, 6.07) is 10.8. The van der Waals surface area contributed by atoms with Crippen LogP contribution in [0.5, 0.6) is 0 Å². The molecule has 0 aliphatic heterocycles. The van der Waals surface area contributed by atoms with E-state index in [1.54, 1.807) is 18.2 Å². The number of carbonyl (C=O) groups is 1. The van der Waals surface area contributed by atoms with Gasteiger partial charge < -0.3 is 20.1 Å². The number of carbonyl (C=O) groups excluding carboxylic acids is 1. The van der Waals surface area contributed by atoms with Gasteiger partial charge in [-0.2, -0.15) is 5.26 Å². The van der Waals surface area contributed by atoms with Crippen molar-refractivity contribution in [3.8, 4) is 11.8 Å². The lowest BCUT2D eigenvalue weighted by molar-refractivity contribution is 0.262. The zero-order chi connectivity index (χ0) is 23.5. The van der Waals surface area contributed by atoms with Gasteiger partial charge in [-0.1, -0.05) is 39.8 Å². The molecule has 8 heteroatoms. The first kappa shape index (κ1) is 22.9. The van der Waals surface area contributed by atoms with Crippen LogP contribution in [-0.2, 0) is 18.3 Å². The zero-order valence-corrected chi connectivity index (χ0v) is 19.2. The molecule has 2 heterocycles. The molecular formula is C24H30N6O2. The summed E-state index contributed by atoms with van der Waals surface area (Å²) in [5.74, 6) is 1.04. The number of benzene rings is 1. The quantitative estimate of drug-likeness (QED) is 0.511. The monoisotopic (exact) mass is 434 g/mol. The number of nitrogens with zero attached hydrogens (tertiary/aromatic N) is 3. The van der Waals surface area contributed by atoms with Gasteiger partial charge in [0.1, 0.15) is 17.5 Å². The van der Waals surface area contributed by atoms with Crippen LogP contribution in [-0.4, -0.2) is 15.8 Å². The van der Waals surface area contributed by atoms with E-state index < -0.39 is 6.03 Å². The number of aromatic nitrogens is 2. The van der Waals surface area contributed by atoms with Crippen molar-refractivity contribution in [1.82, 2.24) is 9.72 Å². The van der Waals surface area contributed by atoms with Gasteiger partial charge in [0.05, 0.1) is 5.69 Å². The van der Waals surface area contributed by atoms with Crippen LogP contribution in [0.2, 0.25) is 0 Å². The van der Waals surface area contributed by atoms with E-state index in [0.29, 0.717) is 28.6 Å². The predicted molar refractivity (Wildman–Crippen MR) is 126 cm³/mol. The molecule has 0 unspecified atom stereocenters. The maximum absolute atomic E-state index is 12.3. The smallest absolute Gasteiger partial charge is 0.324 e. The molecule has 1 aromatic carbocycles. The maximum atomic E-state index is 12.3. The lowest BCUT2D eigenvalue weighted by Crippen LogP contribution is -2.19. The van der Waals surface area contributed by atoms with E-state index in [-0.39, 0.29) is 5.41 Å². The summed E-state index contributed by atoms with van der Waals surface area (Å²) >= 11 is 0. The largest absolute Gasteiger partial charge is 0.396 e. The highest BCUT2D eigenvalue weighted by Crippen LogP contribution is 2.35. The number of nitrogens with two attached hydrogens (primary N) is 1. The standard InChI is InChI=1S/C22H24N6O2.C2H6/c1-22(2,3)18-11-19(27-30-18)26-21(29)25-13-7-9-14(10-8-13)28-16-6-4-5-15(16)20(24)17(28)12-23;1-2/h7-11H,4-6,24H2,1-3H3,(H2,25,26,27,29);1-2H3. The second kappa shape index (κ2) is 9.18. The highest BCUT2D eigenvalue weighted by atomic mass is 16.5. The third-order valence-corrected chi connectivity index (χ3v) is 5.24. The Morgan fingerprint density at radius 3 is 2.47 bits per heavy atom. The van der Waals surface area contributed by atoms with Gasteiger partial charge in [0, 0.05) is 28.6 Å². The third-order valence-electron chi connectivity index (χ3n) is 5.24. The number of hydrogen-bond acceptors (Lipinski definition) is 5. The molecule has 4 rings (SSSR count). The van der Waals surface area contributed by atoms with Gasteiger partial charge in [0.2, 0.25) is 0 Å². The molecule has 168 valence electrons. The van der Waals surface area contributed by atoms with E-state index in [9.17, 15) is 10.1 Å². The van der Waals surface area contributed by atoms with E-state index in [0.717, 1.165) is 36.2 Å². The normalized spacial score (nSPS) is 12.4. The molecule has 0 bridgehead atoms. The minimum Gasteiger partial charge on any atom is -0.396 e. The molecule has 4 N–H and O–H groups in total. The van der Waals surface area contributed by atoms with Gasteiger partial charge >= 0.3 is 6.03 Å². The predicted octanol–water partition coefficient (Wildman–Crippen LogP) is 5.38. The van der Waals surface area contributed by atoms with Crippen molar-refractivity contribution < 1.29 is 9.32 Å². The second-order valence-electron chi connectivity index (χ2n) is 8.44. The van der Waals surface area contributed by atoms with E-state index in [4.69, 9.17) is 10.3 Å². The molecule has 0 spiro atoms. The van der Waals surface area contributed by atoms with Gasteiger partial charge in [-0.05, 0) is 49.1 Å². The van der Waals surface area contributed by atoms with Gasteiger partial charge in [-0.25, -0.2) is 4.79 Å². The topological polar surface area (TPSA) is 122 Å². The molecule has 0 atom stereocenters. The molecule has 1 aliphatic rings. The number of anilines is 3. The van der Waals surface area contributed by atoms with Crippen molar-refractivity contribution in [3.05, 3.63) is 53.0 Å². The lowest BCUT2D eigenvalue weighted by Gasteiger charge is -2.12. The third kappa shape index (κ3) is 4.47. The fourth-order valence-corrected chi connectivity index (χ4v) is 3.72. The minimum atomic E-state index is -0.416. The molecule has 1 aliphatic carbocycles. The average molecular weight is 435 g/mol. The fourth-order valence-electron chi connectivity index (χ4n) is 3.72. The summed E-state index contributed by atoms with van der Waals surface area (Å²) < 4.78 is 7.19. The van der Waals surface area contributed by atoms with Crippen LogP contribution in [0.4, 0.5) is 22.0 Å². The molecule has 2 amide bonds. The first-order valence-electron chi connectivity index (χ1n) is 10.9. The number of nitriles is 1. The van der Waals surface area contributed by atoms with Crippen molar-refractivity contribution in [2.45, 2.75) is 59.3 Å². The second-order valence-corrected chi connectivity index (χ2v) is 8.44. The summed E-state index contributed by atoms with van der Waals surface area (Å²) in [6.45, 7) is 10.0. The van der Waals surface area contributed by atoms with Crippen LogP contribution in [0.25, 0.3) is 5.69 Å². The lowest BCUT2D eigenvalue weighted by atomic mass is 9.93. The van der Waals surface area contributed by atoms with Crippen LogP contribution >= 0.6 is 0 Å². The number of amides is 2. The Hall–Kier alpha value is -3.73. The Balaban J connectivity index is 0.00000141. The Bertz CT molecular complexity index is 1140. The molecule has 0 saturated heterocycles. The Kier molecular flexibility index (Phi) is 6.58. The number of hydrogen-bond donors (Lipinski definition) is 3. The molecule has 0 radical (unpaired) electrons. The van der Waals surface area contributed by atoms with Crippen LogP contribution < -0.4 is 16.4 Å². The molecule has 2 aromatic heterocycles. The van der Waals surface area contributed by atoms with Gasteiger partial charge in [-0.3, -0.25) is 5.32 Å². The van der Waals surface area contributed by atoms with Crippen molar-refractivity contribution >= 4 is 23.2 Å². The Morgan fingerprint density at radius 2 is 1.88 bits per heavy atom. The number of fused-ring (bicyclic) bond motifs is 1. The fraction of sp³-hybridized carbons (Fsp3) is 0.375. The first-order valence-corrected chi connectivity index (χ1v) is 10.9. The summed E-state index contributed by atoms with van der Waals surface area (Å²) in [5.41, 5.74) is 10.7. The molecule has 0 fully saturated rings. The molecule has 3 aromatic rings. The van der Waals surface area contributed by atoms with Crippen LogP contribution in [0, 0.1) is 11.3 Å². The average Bonchev–Trinajstić information content (AvgIpc) is 3.47. The summed E-state index contributed by atoms with van der Waals surface area (Å²) in [6.07, 6.45) is 2.85. The van der Waals surface area contributed by atoms with Crippen molar-refractivity contribution in [1.29, 1.82) is 5.26 Å². The van der Waals surface area contributed by atoms with Crippen LogP contribution in [0.1, 0.15) is 63.8 Å². The highest BCUT2D eigenvalue weighted by molar-refractivity contribution is 5.99. The van der Waals surface area contributed by atoms with Crippen molar-refractivity contribution in [3.63, 3.8) is 0 Å². The Labute approximate surface area is 188 Å². The molecule has 0 saturated carbocycles. The van der Waals surface area contributed by atoms with Gasteiger partial charge in [0.15, 0.2) is 5.82 Å². The summed E-state index contributed by atoms with van der Waals surface area (Å²) in [7, 11) is 0. The van der Waals surface area contributed by atoms with E-state index in [1.807, 2.05) is 51.3 Å². The zero-order valence-electron chi connectivity index (χ0n) is 19.2. The van der Waals surface area contributed by atoms with Crippen molar-refractivity contribution in [2.24, 2.45) is 0 Å². The van der Waals surface area contributed by atoms with E-state index in [1.165, 1.54) is 0 Å². The van der Waals surface area contributed by atoms with E-state index in [2.05, 4.69) is 21.9 Å². The molecule has 32 heavy (non-hydrogen) atoms. The Morgan fingerprint density at radius 1 is 1.19 bits per heavy atom.